The molecule has 0 aromatic carbocycles. The Morgan fingerprint density at radius 2 is 2.47 bits per heavy atom. The lowest BCUT2D eigenvalue weighted by atomic mass is 10.1. The minimum absolute atomic E-state index is 0.0548. The van der Waals surface area contributed by atoms with Gasteiger partial charge in [0.25, 0.3) is 5.91 Å². The first-order chi connectivity index (χ1) is 7.16. The predicted octanol–water partition coefficient (Wildman–Crippen LogP) is 0.0275. The Morgan fingerprint density at radius 1 is 1.67 bits per heavy atom. The largest absolute Gasteiger partial charge is 0.376 e. The van der Waals surface area contributed by atoms with E-state index in [1.165, 1.54) is 0 Å². The zero-order valence-corrected chi connectivity index (χ0v) is 9.08. The molecule has 3 N–H and O–H groups in total. The second-order valence-electron chi connectivity index (χ2n) is 3.39. The number of nitrogens with one attached hydrogen (secondary N) is 1. The summed E-state index contributed by atoms with van der Waals surface area (Å²) < 4.78 is 5.34. The number of nitrogens with zero attached hydrogens (tertiary/aromatic N) is 2. The monoisotopic (exact) mass is 228 g/mol. The first-order valence-electron chi connectivity index (χ1n) is 4.68. The highest BCUT2D eigenvalue weighted by molar-refractivity contribution is 7.16. The number of carbonyl (C=O) groups excluding carboxylic acids is 1. The lowest BCUT2D eigenvalue weighted by Crippen LogP contribution is -2.39. The van der Waals surface area contributed by atoms with Gasteiger partial charge in [-0.25, -0.2) is 0 Å². The molecule has 0 bridgehead atoms. The highest BCUT2D eigenvalue weighted by atomic mass is 32.1. The SMILES string of the molecule is CC1OCCC1NC(=O)c1nnc(N)s1. The second-order valence-corrected chi connectivity index (χ2v) is 4.40. The molecule has 82 valence electrons. The van der Waals surface area contributed by atoms with Crippen molar-refractivity contribution in [2.24, 2.45) is 0 Å². The van der Waals surface area contributed by atoms with Crippen LogP contribution < -0.4 is 11.1 Å². The normalized spacial score (nSPS) is 25.4. The standard InChI is InChI=1S/C8H12N4O2S/c1-4-5(2-3-14-4)10-6(13)7-11-12-8(9)15-7/h4-5H,2-3H2,1H3,(H2,9,12)(H,10,13). The Hall–Kier alpha value is -1.21. The van der Waals surface area contributed by atoms with Crippen LogP contribution in [0, 0.1) is 0 Å². The van der Waals surface area contributed by atoms with Gasteiger partial charge in [-0.3, -0.25) is 4.79 Å². The van der Waals surface area contributed by atoms with Gasteiger partial charge in [-0.2, -0.15) is 0 Å². The zero-order chi connectivity index (χ0) is 10.8. The number of aromatic nitrogens is 2. The number of anilines is 1. The maximum Gasteiger partial charge on any atom is 0.282 e. The van der Waals surface area contributed by atoms with E-state index in [1.807, 2.05) is 6.92 Å². The lowest BCUT2D eigenvalue weighted by Gasteiger charge is -2.14. The molecule has 2 atom stereocenters. The van der Waals surface area contributed by atoms with E-state index in [0.29, 0.717) is 16.7 Å². The highest BCUT2D eigenvalue weighted by Gasteiger charge is 2.26. The quantitative estimate of drug-likeness (QED) is 0.745. The van der Waals surface area contributed by atoms with Crippen molar-refractivity contribution in [1.29, 1.82) is 0 Å². The molecule has 1 aliphatic rings. The molecule has 1 saturated heterocycles. The Kier molecular flexibility index (Phi) is 2.83. The summed E-state index contributed by atoms with van der Waals surface area (Å²) in [6.45, 7) is 2.62. The van der Waals surface area contributed by atoms with E-state index in [4.69, 9.17) is 10.5 Å². The van der Waals surface area contributed by atoms with Crippen LogP contribution in [-0.2, 0) is 4.74 Å². The molecule has 1 aromatic heterocycles. The molecule has 1 amide bonds. The van der Waals surface area contributed by atoms with Crippen LogP contribution in [0.1, 0.15) is 23.1 Å². The molecule has 0 radical (unpaired) electrons. The van der Waals surface area contributed by atoms with Crippen molar-refractivity contribution >= 4 is 22.4 Å². The number of nitrogens with two attached hydrogens (primary N) is 1. The topological polar surface area (TPSA) is 90.1 Å². The summed E-state index contributed by atoms with van der Waals surface area (Å²) in [4.78, 5) is 11.6. The number of ether oxygens (including phenoxy) is 1. The first-order valence-corrected chi connectivity index (χ1v) is 5.50. The van der Waals surface area contributed by atoms with Gasteiger partial charge in [0.05, 0.1) is 12.1 Å². The van der Waals surface area contributed by atoms with Gasteiger partial charge in [0, 0.05) is 6.61 Å². The van der Waals surface area contributed by atoms with Gasteiger partial charge in [0.2, 0.25) is 10.1 Å². The van der Waals surface area contributed by atoms with Crippen molar-refractivity contribution < 1.29 is 9.53 Å². The van der Waals surface area contributed by atoms with Crippen LogP contribution in [0.2, 0.25) is 0 Å². The smallest absolute Gasteiger partial charge is 0.282 e. The molecule has 6 nitrogen and oxygen atoms in total. The minimum atomic E-state index is -0.230. The van der Waals surface area contributed by atoms with Crippen molar-refractivity contribution in [1.82, 2.24) is 15.5 Å². The summed E-state index contributed by atoms with van der Waals surface area (Å²) in [5.74, 6) is -0.230. The van der Waals surface area contributed by atoms with Gasteiger partial charge in [0.15, 0.2) is 0 Å². The van der Waals surface area contributed by atoms with Crippen LogP contribution in [0.5, 0.6) is 0 Å². The Labute approximate surface area is 90.8 Å². The van der Waals surface area contributed by atoms with Crippen LogP contribution in [0.4, 0.5) is 5.13 Å². The van der Waals surface area contributed by atoms with E-state index >= 15 is 0 Å². The van der Waals surface area contributed by atoms with E-state index < -0.39 is 0 Å². The fourth-order valence-corrected chi connectivity index (χ4v) is 1.99. The van der Waals surface area contributed by atoms with E-state index in [2.05, 4.69) is 15.5 Å². The summed E-state index contributed by atoms with van der Waals surface area (Å²) in [7, 11) is 0. The van der Waals surface area contributed by atoms with Crippen LogP contribution >= 0.6 is 11.3 Å². The van der Waals surface area contributed by atoms with Crippen molar-refractivity contribution in [3.05, 3.63) is 5.01 Å². The molecule has 2 rings (SSSR count). The maximum absolute atomic E-state index is 11.6. The molecule has 15 heavy (non-hydrogen) atoms. The molecule has 1 aromatic rings. The highest BCUT2D eigenvalue weighted by Crippen LogP contribution is 2.15. The first kappa shape index (κ1) is 10.3. The molecule has 0 aliphatic carbocycles. The Balaban J connectivity index is 1.97. The van der Waals surface area contributed by atoms with E-state index in [1.54, 1.807) is 0 Å². The van der Waals surface area contributed by atoms with Crippen molar-refractivity contribution in [2.45, 2.75) is 25.5 Å². The fraction of sp³-hybridized carbons (Fsp3) is 0.625. The average molecular weight is 228 g/mol. The molecule has 2 unspecified atom stereocenters. The van der Waals surface area contributed by atoms with Crippen molar-refractivity contribution in [3.8, 4) is 0 Å². The average Bonchev–Trinajstić information content (AvgIpc) is 2.77. The van der Waals surface area contributed by atoms with E-state index in [-0.39, 0.29) is 18.1 Å². The molecule has 1 aliphatic heterocycles. The second kappa shape index (κ2) is 4.11. The fourth-order valence-electron chi connectivity index (χ4n) is 1.48. The van der Waals surface area contributed by atoms with Crippen molar-refractivity contribution in [2.75, 3.05) is 12.3 Å². The number of hydrogen-bond acceptors (Lipinski definition) is 6. The number of carbonyl (C=O) groups is 1. The number of hydrogen-bond donors (Lipinski definition) is 2. The Morgan fingerprint density at radius 3 is 3.00 bits per heavy atom. The number of rotatable bonds is 2. The van der Waals surface area contributed by atoms with E-state index in [9.17, 15) is 4.79 Å². The van der Waals surface area contributed by atoms with Crippen LogP contribution in [0.3, 0.4) is 0 Å². The van der Waals surface area contributed by atoms with Gasteiger partial charge in [-0.15, -0.1) is 10.2 Å². The zero-order valence-electron chi connectivity index (χ0n) is 8.27. The van der Waals surface area contributed by atoms with Crippen LogP contribution in [-0.4, -0.2) is 34.9 Å². The summed E-state index contributed by atoms with van der Waals surface area (Å²) in [6, 6.07) is 0.0580. The van der Waals surface area contributed by atoms with Gasteiger partial charge >= 0.3 is 0 Å². The molecule has 7 heteroatoms. The van der Waals surface area contributed by atoms with Crippen LogP contribution in [0.15, 0.2) is 0 Å². The van der Waals surface area contributed by atoms with Crippen molar-refractivity contribution in [3.63, 3.8) is 0 Å². The van der Waals surface area contributed by atoms with Gasteiger partial charge in [-0.1, -0.05) is 11.3 Å². The summed E-state index contributed by atoms with van der Waals surface area (Å²) in [5, 5.41) is 10.7. The lowest BCUT2D eigenvalue weighted by molar-refractivity contribution is 0.0865. The third kappa shape index (κ3) is 2.24. The van der Waals surface area contributed by atoms with Gasteiger partial charge < -0.3 is 15.8 Å². The molecular formula is C8H12N4O2S. The molecule has 1 fully saturated rings. The van der Waals surface area contributed by atoms with Gasteiger partial charge in [-0.05, 0) is 13.3 Å². The summed E-state index contributed by atoms with van der Waals surface area (Å²) >= 11 is 1.08. The molecule has 2 heterocycles. The van der Waals surface area contributed by atoms with Crippen LogP contribution in [0.25, 0.3) is 0 Å². The molecule has 0 saturated carbocycles. The third-order valence-corrected chi connectivity index (χ3v) is 3.08. The van der Waals surface area contributed by atoms with E-state index in [0.717, 1.165) is 17.8 Å². The molecule has 0 spiro atoms. The summed E-state index contributed by atoms with van der Waals surface area (Å²) in [6.07, 6.45) is 0.889. The maximum atomic E-state index is 11.6. The Bertz CT molecular complexity index is 367. The van der Waals surface area contributed by atoms with Gasteiger partial charge in [0.1, 0.15) is 0 Å². The minimum Gasteiger partial charge on any atom is -0.376 e. The predicted molar refractivity (Wildman–Crippen MR) is 55.6 cm³/mol. The number of amides is 1. The molecular weight excluding hydrogens is 216 g/mol. The third-order valence-electron chi connectivity index (χ3n) is 2.33. The summed E-state index contributed by atoms with van der Waals surface area (Å²) in [5.41, 5.74) is 5.39. The number of nitrogen functional groups attached to an aromatic ring is 1.